The third-order valence-corrected chi connectivity index (χ3v) is 10.5. The van der Waals surface area contributed by atoms with Crippen molar-refractivity contribution in [2.45, 2.75) is 55.8 Å². The zero-order valence-electron chi connectivity index (χ0n) is 9.41. The lowest BCUT2D eigenvalue weighted by Gasteiger charge is -2.42. The Bertz CT molecular complexity index is 163. The largest absolute Gasteiger partial charge is 0.0927 e. The molecule has 0 aromatic rings. The van der Waals surface area contributed by atoms with Gasteiger partial charge in [-0.1, -0.05) is 63.9 Å². The van der Waals surface area contributed by atoms with Crippen molar-refractivity contribution in [1.29, 1.82) is 0 Å². The van der Waals surface area contributed by atoms with E-state index in [0.717, 1.165) is 10.5 Å². The predicted molar refractivity (Wildman–Crippen MR) is 77.5 cm³/mol. The van der Waals surface area contributed by atoms with Gasteiger partial charge in [0.15, 0.2) is 0 Å². The maximum atomic E-state index is 2.35. The summed E-state index contributed by atoms with van der Waals surface area (Å²) in [7, 11) is 8.05. The second-order valence-electron chi connectivity index (χ2n) is 3.90. The van der Waals surface area contributed by atoms with Crippen LogP contribution in [0.1, 0.15) is 40.5 Å². The molecule has 2 aliphatic rings. The quantitative estimate of drug-likeness (QED) is 0.639. The monoisotopic (exact) mass is 268 g/mol. The summed E-state index contributed by atoms with van der Waals surface area (Å²) in [6.07, 6.45) is 2.67. The number of hydrogen-bond donors (Lipinski definition) is 0. The smallest absolute Gasteiger partial charge is 0.0357 e. The average molecular weight is 269 g/mol. The molecule has 84 valence electrons. The molecule has 2 aliphatic heterocycles. The van der Waals surface area contributed by atoms with Crippen LogP contribution in [0, 0.1) is 0 Å². The molecule has 0 radical (unpaired) electrons. The van der Waals surface area contributed by atoms with E-state index in [0.29, 0.717) is 4.75 Å². The Hall–Kier alpha value is 1.40. The number of rotatable bonds is 2. The lowest BCUT2D eigenvalue weighted by atomic mass is 10.1. The predicted octanol–water partition coefficient (Wildman–Crippen LogP) is 5.10. The molecule has 2 heterocycles. The lowest BCUT2D eigenvalue weighted by Crippen LogP contribution is -2.36. The van der Waals surface area contributed by atoms with E-state index in [-0.39, 0.29) is 0 Å². The Morgan fingerprint density at radius 1 is 1.29 bits per heavy atom. The summed E-state index contributed by atoms with van der Waals surface area (Å²) < 4.78 is 0.602. The summed E-state index contributed by atoms with van der Waals surface area (Å²) in [5.41, 5.74) is 0. The topological polar surface area (TPSA) is 0 Å². The van der Waals surface area contributed by atoms with E-state index in [1.165, 1.54) is 18.6 Å². The van der Waals surface area contributed by atoms with Crippen LogP contribution in [-0.4, -0.2) is 21.0 Å². The molecular formula is C10H20S4. The Morgan fingerprint density at radius 2 is 1.93 bits per heavy atom. The minimum atomic E-state index is 0.602. The van der Waals surface area contributed by atoms with Crippen molar-refractivity contribution in [2.24, 2.45) is 0 Å². The normalized spacial score (nSPS) is 40.3. The molecule has 3 atom stereocenters. The second-order valence-corrected chi connectivity index (χ2v) is 9.69. The molecule has 2 fully saturated rings. The minimum Gasteiger partial charge on any atom is -0.0927 e. The third-order valence-electron chi connectivity index (χ3n) is 2.86. The molecule has 0 saturated carbocycles. The zero-order valence-corrected chi connectivity index (χ0v) is 12.7. The SMILES string of the molecule is CCC1(C)SSC1C.CCC1CSS1. The highest BCUT2D eigenvalue weighted by atomic mass is 33.1. The molecule has 2 rings (SSSR count). The highest BCUT2D eigenvalue weighted by molar-refractivity contribution is 8.80. The van der Waals surface area contributed by atoms with Crippen LogP contribution in [0.4, 0.5) is 0 Å². The highest BCUT2D eigenvalue weighted by Gasteiger charge is 2.39. The molecule has 0 spiro atoms. The Balaban J connectivity index is 0.000000146. The summed E-state index contributed by atoms with van der Waals surface area (Å²) in [6, 6.07) is 0. The van der Waals surface area contributed by atoms with Gasteiger partial charge in [0.25, 0.3) is 0 Å². The van der Waals surface area contributed by atoms with Crippen LogP contribution in [0.3, 0.4) is 0 Å². The standard InChI is InChI=1S/C6H12S2.C4H8S2/c1-4-6(3)5(2)7-8-6;1-2-4-3-5-6-4/h5H,4H2,1-3H3;4H,2-3H2,1H3. The first-order chi connectivity index (χ1) is 6.62. The van der Waals surface area contributed by atoms with Gasteiger partial charge in [-0.25, -0.2) is 0 Å². The van der Waals surface area contributed by atoms with E-state index in [9.17, 15) is 0 Å². The first-order valence-corrected chi connectivity index (χ1v) is 9.84. The van der Waals surface area contributed by atoms with Crippen LogP contribution in [-0.2, 0) is 0 Å². The Morgan fingerprint density at radius 3 is 1.93 bits per heavy atom. The molecule has 3 unspecified atom stereocenters. The maximum absolute atomic E-state index is 2.35. The van der Waals surface area contributed by atoms with Gasteiger partial charge in [0.05, 0.1) is 0 Å². The van der Waals surface area contributed by atoms with Gasteiger partial charge in [-0.15, -0.1) is 0 Å². The van der Waals surface area contributed by atoms with Crippen molar-refractivity contribution in [2.75, 3.05) is 5.75 Å². The fourth-order valence-electron chi connectivity index (χ4n) is 1.01. The Labute approximate surface area is 104 Å². The van der Waals surface area contributed by atoms with Gasteiger partial charge in [0.1, 0.15) is 0 Å². The number of hydrogen-bond acceptors (Lipinski definition) is 4. The van der Waals surface area contributed by atoms with Crippen LogP contribution in [0.25, 0.3) is 0 Å². The Kier molecular flexibility index (Phi) is 5.98. The van der Waals surface area contributed by atoms with E-state index in [2.05, 4.69) is 27.7 Å². The van der Waals surface area contributed by atoms with Crippen LogP contribution in [0.5, 0.6) is 0 Å². The van der Waals surface area contributed by atoms with Gasteiger partial charge in [-0.05, 0) is 19.8 Å². The van der Waals surface area contributed by atoms with E-state index in [4.69, 9.17) is 0 Å². The summed E-state index contributed by atoms with van der Waals surface area (Å²) >= 11 is 0. The average Bonchev–Trinajstić information content (AvgIpc) is 2.13. The second kappa shape index (κ2) is 6.21. The van der Waals surface area contributed by atoms with E-state index in [1.807, 2.05) is 43.2 Å². The summed E-state index contributed by atoms with van der Waals surface area (Å²) in [4.78, 5) is 0. The van der Waals surface area contributed by atoms with Crippen LogP contribution in [0.2, 0.25) is 0 Å². The summed E-state index contributed by atoms with van der Waals surface area (Å²) in [5.74, 6) is 1.39. The molecule has 0 bridgehead atoms. The zero-order chi connectivity index (χ0) is 10.6. The fourth-order valence-corrected chi connectivity index (χ4v) is 6.21. The van der Waals surface area contributed by atoms with Crippen molar-refractivity contribution in [3.8, 4) is 0 Å². The maximum Gasteiger partial charge on any atom is 0.0357 e. The molecule has 0 aromatic heterocycles. The fraction of sp³-hybridized carbons (Fsp3) is 1.00. The van der Waals surface area contributed by atoms with Gasteiger partial charge >= 0.3 is 0 Å². The molecule has 0 amide bonds. The molecule has 0 N–H and O–H groups in total. The third kappa shape index (κ3) is 3.46. The van der Waals surface area contributed by atoms with Gasteiger partial charge in [0.2, 0.25) is 0 Å². The van der Waals surface area contributed by atoms with Crippen molar-refractivity contribution >= 4 is 43.2 Å². The first-order valence-electron chi connectivity index (χ1n) is 5.25. The van der Waals surface area contributed by atoms with Gasteiger partial charge < -0.3 is 0 Å². The van der Waals surface area contributed by atoms with E-state index < -0.39 is 0 Å². The van der Waals surface area contributed by atoms with Crippen molar-refractivity contribution in [3.63, 3.8) is 0 Å². The molecule has 0 aliphatic carbocycles. The molecule has 14 heavy (non-hydrogen) atoms. The van der Waals surface area contributed by atoms with Gasteiger partial charge in [-0.2, -0.15) is 0 Å². The van der Waals surface area contributed by atoms with Gasteiger partial charge in [-0.3, -0.25) is 0 Å². The van der Waals surface area contributed by atoms with Gasteiger partial charge in [0, 0.05) is 21.0 Å². The van der Waals surface area contributed by atoms with Crippen LogP contribution < -0.4 is 0 Å². The van der Waals surface area contributed by atoms with E-state index >= 15 is 0 Å². The molecular weight excluding hydrogens is 248 g/mol. The van der Waals surface area contributed by atoms with Crippen LogP contribution >= 0.6 is 43.2 Å². The van der Waals surface area contributed by atoms with Crippen molar-refractivity contribution < 1.29 is 0 Å². The lowest BCUT2D eigenvalue weighted by molar-refractivity contribution is 0.609. The molecule has 0 nitrogen and oxygen atoms in total. The van der Waals surface area contributed by atoms with E-state index in [1.54, 1.807) is 0 Å². The summed E-state index contributed by atoms with van der Waals surface area (Å²) in [5, 5.41) is 1.87. The first kappa shape index (κ1) is 13.5. The van der Waals surface area contributed by atoms with Crippen molar-refractivity contribution in [3.05, 3.63) is 0 Å². The van der Waals surface area contributed by atoms with Crippen molar-refractivity contribution in [1.82, 2.24) is 0 Å². The minimum absolute atomic E-state index is 0.602. The summed E-state index contributed by atoms with van der Waals surface area (Å²) in [6.45, 7) is 9.17. The molecule has 2 saturated heterocycles. The molecule has 4 heteroatoms. The highest BCUT2D eigenvalue weighted by Crippen LogP contribution is 2.57. The van der Waals surface area contributed by atoms with Crippen LogP contribution in [0.15, 0.2) is 0 Å². The molecule has 0 aromatic carbocycles.